The zero-order valence-corrected chi connectivity index (χ0v) is 21.2. The SMILES string of the molecule is CC[C@H](NC(=O)CN(c1ccc(Br)cc1)S(=O)(=O)c1ccccc1)c1ccc(OC)c(C)c1. The third kappa shape index (κ3) is 5.94. The van der Waals surface area contributed by atoms with Crippen LogP contribution >= 0.6 is 15.9 Å². The Morgan fingerprint density at radius 1 is 1.06 bits per heavy atom. The number of amides is 1. The molecule has 3 aromatic carbocycles. The van der Waals surface area contributed by atoms with Gasteiger partial charge in [0.25, 0.3) is 10.0 Å². The van der Waals surface area contributed by atoms with Gasteiger partial charge in [0.1, 0.15) is 12.3 Å². The first-order valence-corrected chi connectivity index (χ1v) is 12.8. The first kappa shape index (κ1) is 24.8. The van der Waals surface area contributed by atoms with E-state index >= 15 is 0 Å². The predicted molar refractivity (Wildman–Crippen MR) is 134 cm³/mol. The van der Waals surface area contributed by atoms with Crippen molar-refractivity contribution in [3.63, 3.8) is 0 Å². The molecule has 1 N–H and O–H groups in total. The van der Waals surface area contributed by atoms with E-state index in [9.17, 15) is 13.2 Å². The maximum absolute atomic E-state index is 13.4. The van der Waals surface area contributed by atoms with Crippen LogP contribution in [0.1, 0.15) is 30.5 Å². The summed E-state index contributed by atoms with van der Waals surface area (Å²) in [6, 6.07) is 20.4. The van der Waals surface area contributed by atoms with Gasteiger partial charge < -0.3 is 10.1 Å². The monoisotopic (exact) mass is 530 g/mol. The quantitative estimate of drug-likeness (QED) is 0.411. The number of carbonyl (C=O) groups excluding carboxylic acids is 1. The summed E-state index contributed by atoms with van der Waals surface area (Å²) in [6.45, 7) is 3.57. The maximum Gasteiger partial charge on any atom is 0.264 e. The number of benzene rings is 3. The molecule has 0 aliphatic rings. The number of sulfonamides is 1. The third-order valence-electron chi connectivity index (χ3n) is 5.30. The Labute approximate surface area is 203 Å². The summed E-state index contributed by atoms with van der Waals surface area (Å²) < 4.78 is 34.1. The number of ether oxygens (including phenoxy) is 1. The average molecular weight is 531 g/mol. The summed E-state index contributed by atoms with van der Waals surface area (Å²) in [5.41, 5.74) is 2.31. The first-order chi connectivity index (χ1) is 15.8. The Morgan fingerprint density at radius 3 is 2.30 bits per heavy atom. The van der Waals surface area contributed by atoms with E-state index in [2.05, 4.69) is 21.2 Å². The summed E-state index contributed by atoms with van der Waals surface area (Å²) >= 11 is 3.37. The second kappa shape index (κ2) is 10.9. The highest BCUT2D eigenvalue weighted by Crippen LogP contribution is 2.27. The van der Waals surface area contributed by atoms with E-state index < -0.39 is 15.9 Å². The molecule has 0 fully saturated rings. The zero-order valence-electron chi connectivity index (χ0n) is 18.8. The van der Waals surface area contributed by atoms with Gasteiger partial charge >= 0.3 is 0 Å². The van der Waals surface area contributed by atoms with Crippen molar-refractivity contribution in [3.8, 4) is 5.75 Å². The molecule has 6 nitrogen and oxygen atoms in total. The number of hydrogen-bond donors (Lipinski definition) is 1. The van der Waals surface area contributed by atoms with Crippen molar-refractivity contribution in [2.75, 3.05) is 18.0 Å². The van der Waals surface area contributed by atoms with Crippen LogP contribution in [0.15, 0.2) is 82.2 Å². The van der Waals surface area contributed by atoms with Gasteiger partial charge in [0.2, 0.25) is 5.91 Å². The Morgan fingerprint density at radius 2 is 1.73 bits per heavy atom. The lowest BCUT2D eigenvalue weighted by Gasteiger charge is -2.26. The molecule has 0 aliphatic heterocycles. The van der Waals surface area contributed by atoms with E-state index in [1.54, 1.807) is 49.6 Å². The average Bonchev–Trinajstić information content (AvgIpc) is 2.82. The highest BCUT2D eigenvalue weighted by Gasteiger charge is 2.28. The molecule has 0 radical (unpaired) electrons. The van der Waals surface area contributed by atoms with Gasteiger partial charge in [-0.05, 0) is 66.9 Å². The van der Waals surface area contributed by atoms with Crippen molar-refractivity contribution in [3.05, 3.63) is 88.4 Å². The van der Waals surface area contributed by atoms with Gasteiger partial charge in [-0.2, -0.15) is 0 Å². The number of hydrogen-bond acceptors (Lipinski definition) is 4. The molecule has 3 aromatic rings. The molecule has 0 heterocycles. The number of anilines is 1. The summed E-state index contributed by atoms with van der Waals surface area (Å²) in [5, 5.41) is 2.99. The van der Waals surface area contributed by atoms with Gasteiger partial charge in [-0.15, -0.1) is 0 Å². The molecule has 0 saturated heterocycles. The molecule has 0 saturated carbocycles. The van der Waals surface area contributed by atoms with E-state index in [1.807, 2.05) is 32.0 Å². The smallest absolute Gasteiger partial charge is 0.264 e. The van der Waals surface area contributed by atoms with Gasteiger partial charge in [0.15, 0.2) is 0 Å². The molecule has 0 aliphatic carbocycles. The van der Waals surface area contributed by atoms with Crippen LogP contribution in [0, 0.1) is 6.92 Å². The van der Waals surface area contributed by atoms with Gasteiger partial charge in [-0.3, -0.25) is 9.10 Å². The number of nitrogens with zero attached hydrogens (tertiary/aromatic N) is 1. The maximum atomic E-state index is 13.4. The van der Waals surface area contributed by atoms with E-state index in [4.69, 9.17) is 4.74 Å². The van der Waals surface area contributed by atoms with E-state index in [0.29, 0.717) is 12.1 Å². The molecular formula is C25H27BrN2O4S. The number of nitrogens with one attached hydrogen (secondary N) is 1. The summed E-state index contributed by atoms with van der Waals surface area (Å²) in [5.74, 6) is 0.382. The fourth-order valence-corrected chi connectivity index (χ4v) is 5.26. The van der Waals surface area contributed by atoms with Crippen molar-refractivity contribution in [2.24, 2.45) is 0 Å². The van der Waals surface area contributed by atoms with Crippen LogP contribution in [0.25, 0.3) is 0 Å². The normalized spacial score (nSPS) is 12.1. The number of carbonyl (C=O) groups is 1. The minimum atomic E-state index is -3.94. The Hall–Kier alpha value is -2.84. The summed E-state index contributed by atoms with van der Waals surface area (Å²) in [6.07, 6.45) is 0.654. The van der Waals surface area contributed by atoms with Crippen LogP contribution in [0.5, 0.6) is 5.75 Å². The number of methoxy groups -OCH3 is 1. The predicted octanol–water partition coefficient (Wildman–Crippen LogP) is 5.23. The molecule has 0 bridgehead atoms. The fraction of sp³-hybridized carbons (Fsp3) is 0.240. The van der Waals surface area contributed by atoms with Crippen molar-refractivity contribution < 1.29 is 17.9 Å². The van der Waals surface area contributed by atoms with Crippen LogP contribution in [0.3, 0.4) is 0 Å². The molecule has 8 heteroatoms. The van der Waals surface area contributed by atoms with E-state index in [0.717, 1.165) is 25.7 Å². The minimum Gasteiger partial charge on any atom is -0.496 e. The fourth-order valence-electron chi connectivity index (χ4n) is 3.55. The summed E-state index contributed by atoms with van der Waals surface area (Å²) in [4.78, 5) is 13.2. The number of aryl methyl sites for hydroxylation is 1. The largest absolute Gasteiger partial charge is 0.496 e. The van der Waals surface area contributed by atoms with Gasteiger partial charge in [0.05, 0.1) is 23.7 Å². The molecule has 0 unspecified atom stereocenters. The van der Waals surface area contributed by atoms with Gasteiger partial charge in [-0.25, -0.2) is 8.42 Å². The highest BCUT2D eigenvalue weighted by molar-refractivity contribution is 9.10. The highest BCUT2D eigenvalue weighted by atomic mass is 79.9. The third-order valence-corrected chi connectivity index (χ3v) is 7.61. The molecular weight excluding hydrogens is 504 g/mol. The lowest BCUT2D eigenvalue weighted by molar-refractivity contribution is -0.120. The van der Waals surface area contributed by atoms with Crippen LogP contribution < -0.4 is 14.4 Å². The molecule has 33 heavy (non-hydrogen) atoms. The van der Waals surface area contributed by atoms with Gasteiger partial charge in [-0.1, -0.05) is 53.2 Å². The lowest BCUT2D eigenvalue weighted by atomic mass is 10.0. The summed E-state index contributed by atoms with van der Waals surface area (Å²) in [7, 11) is -2.33. The number of rotatable bonds is 9. The minimum absolute atomic E-state index is 0.124. The Kier molecular flexibility index (Phi) is 8.15. The van der Waals surface area contributed by atoms with Crippen LogP contribution in [-0.4, -0.2) is 28.0 Å². The second-order valence-electron chi connectivity index (χ2n) is 7.56. The van der Waals surface area contributed by atoms with Crippen molar-refractivity contribution in [1.82, 2.24) is 5.32 Å². The first-order valence-electron chi connectivity index (χ1n) is 10.5. The molecule has 174 valence electrons. The molecule has 3 rings (SSSR count). The number of halogens is 1. The lowest BCUT2D eigenvalue weighted by Crippen LogP contribution is -2.42. The Bertz CT molecular complexity index is 1200. The van der Waals surface area contributed by atoms with Crippen molar-refractivity contribution in [2.45, 2.75) is 31.2 Å². The second-order valence-corrected chi connectivity index (χ2v) is 10.3. The molecule has 0 spiro atoms. The van der Waals surface area contributed by atoms with Crippen LogP contribution in [0.2, 0.25) is 0 Å². The zero-order chi connectivity index (χ0) is 24.0. The molecule has 1 amide bonds. The van der Waals surface area contributed by atoms with E-state index in [-0.39, 0.29) is 17.5 Å². The van der Waals surface area contributed by atoms with Crippen molar-refractivity contribution >= 4 is 37.5 Å². The Balaban J connectivity index is 1.88. The van der Waals surface area contributed by atoms with Crippen molar-refractivity contribution in [1.29, 1.82) is 0 Å². The van der Waals surface area contributed by atoms with Crippen LogP contribution in [0.4, 0.5) is 5.69 Å². The standard InChI is InChI=1S/C25H27BrN2O4S/c1-4-23(19-10-15-24(32-3)18(2)16-19)27-25(29)17-28(21-13-11-20(26)12-14-21)33(30,31)22-8-6-5-7-9-22/h5-16,23H,4,17H2,1-3H3,(H,27,29)/t23-/m0/s1. The van der Waals surface area contributed by atoms with Gasteiger partial charge in [0, 0.05) is 4.47 Å². The topological polar surface area (TPSA) is 75.7 Å². The van der Waals surface area contributed by atoms with Crippen LogP contribution in [-0.2, 0) is 14.8 Å². The molecule has 1 atom stereocenters. The van der Waals surface area contributed by atoms with E-state index in [1.165, 1.54) is 12.1 Å². The molecule has 0 aromatic heterocycles.